The van der Waals surface area contributed by atoms with Crippen LogP contribution in [0.25, 0.3) is 5.69 Å². The average Bonchev–Trinajstić information content (AvgIpc) is 2.86. The van der Waals surface area contributed by atoms with Crippen LogP contribution < -0.4 is 5.69 Å². The van der Waals surface area contributed by atoms with E-state index in [1.807, 2.05) is 0 Å². The Kier molecular flexibility index (Phi) is 4.17. The fraction of sp³-hybridized carbons (Fsp3) is 0.231. The number of nitrogens with zero attached hydrogens (tertiary/aromatic N) is 3. The fourth-order valence-corrected chi connectivity index (χ4v) is 1.71. The molecule has 1 amide bonds. The Bertz CT molecular complexity index is 704. The molecule has 2 rings (SSSR count). The number of hydrogen-bond acceptors (Lipinski definition) is 4. The van der Waals surface area contributed by atoms with Crippen LogP contribution in [0.5, 0.6) is 0 Å². The van der Waals surface area contributed by atoms with Crippen molar-refractivity contribution in [2.75, 3.05) is 13.6 Å². The van der Waals surface area contributed by atoms with Gasteiger partial charge in [0, 0.05) is 13.6 Å². The number of aromatic nitrogens is 3. The van der Waals surface area contributed by atoms with Crippen LogP contribution in [0.15, 0.2) is 35.1 Å². The van der Waals surface area contributed by atoms with E-state index in [9.17, 15) is 14.4 Å². The first-order valence-corrected chi connectivity index (χ1v) is 6.21. The van der Waals surface area contributed by atoms with Crippen LogP contribution in [-0.4, -0.2) is 50.2 Å². The second kappa shape index (κ2) is 6.04. The van der Waals surface area contributed by atoms with Crippen LogP contribution in [-0.2, 0) is 4.79 Å². The molecule has 0 saturated carbocycles. The molecular weight excluding hydrogens is 276 g/mol. The Morgan fingerprint density at radius 2 is 2.00 bits per heavy atom. The van der Waals surface area contributed by atoms with Crippen molar-refractivity contribution in [3.8, 4) is 5.69 Å². The van der Waals surface area contributed by atoms with E-state index in [-0.39, 0.29) is 18.8 Å². The van der Waals surface area contributed by atoms with Crippen LogP contribution in [0.4, 0.5) is 0 Å². The molecule has 0 aliphatic heterocycles. The maximum atomic E-state index is 12.0. The van der Waals surface area contributed by atoms with E-state index in [4.69, 9.17) is 5.11 Å². The molecule has 21 heavy (non-hydrogen) atoms. The van der Waals surface area contributed by atoms with Crippen molar-refractivity contribution in [2.24, 2.45) is 0 Å². The molecule has 8 nitrogen and oxygen atoms in total. The SMILES string of the molecule is CN(CCC(=O)O)C(=O)c1nn(-c2ccccc2)c(=O)[nH]1. The van der Waals surface area contributed by atoms with E-state index < -0.39 is 17.6 Å². The summed E-state index contributed by atoms with van der Waals surface area (Å²) >= 11 is 0. The summed E-state index contributed by atoms with van der Waals surface area (Å²) in [5.74, 6) is -1.67. The van der Waals surface area contributed by atoms with Gasteiger partial charge in [-0.1, -0.05) is 18.2 Å². The number of carbonyl (C=O) groups excluding carboxylic acids is 1. The summed E-state index contributed by atoms with van der Waals surface area (Å²) < 4.78 is 1.08. The lowest BCUT2D eigenvalue weighted by Gasteiger charge is -2.13. The molecule has 8 heteroatoms. The van der Waals surface area contributed by atoms with Gasteiger partial charge >= 0.3 is 11.7 Å². The highest BCUT2D eigenvalue weighted by atomic mass is 16.4. The number of benzene rings is 1. The van der Waals surface area contributed by atoms with Crippen molar-refractivity contribution in [3.63, 3.8) is 0 Å². The largest absolute Gasteiger partial charge is 0.481 e. The van der Waals surface area contributed by atoms with Crippen molar-refractivity contribution in [3.05, 3.63) is 46.6 Å². The van der Waals surface area contributed by atoms with Gasteiger partial charge in [-0.3, -0.25) is 14.6 Å². The molecule has 0 spiro atoms. The highest BCUT2D eigenvalue weighted by Gasteiger charge is 2.18. The third kappa shape index (κ3) is 3.35. The number of amides is 1. The lowest BCUT2D eigenvalue weighted by Crippen LogP contribution is -2.30. The second-order valence-electron chi connectivity index (χ2n) is 4.40. The summed E-state index contributed by atoms with van der Waals surface area (Å²) in [5, 5.41) is 12.5. The Labute approximate surface area is 119 Å². The van der Waals surface area contributed by atoms with Gasteiger partial charge < -0.3 is 10.0 Å². The number of carbonyl (C=O) groups is 2. The van der Waals surface area contributed by atoms with E-state index in [0.29, 0.717) is 5.69 Å². The average molecular weight is 290 g/mol. The van der Waals surface area contributed by atoms with Gasteiger partial charge in [0.1, 0.15) is 0 Å². The number of aliphatic carboxylic acids is 1. The van der Waals surface area contributed by atoms with E-state index in [2.05, 4.69) is 10.1 Å². The van der Waals surface area contributed by atoms with Gasteiger partial charge in [0.15, 0.2) is 0 Å². The molecule has 1 aromatic heterocycles. The third-order valence-corrected chi connectivity index (χ3v) is 2.83. The van der Waals surface area contributed by atoms with Crippen molar-refractivity contribution in [1.82, 2.24) is 19.7 Å². The summed E-state index contributed by atoms with van der Waals surface area (Å²) in [4.78, 5) is 37.9. The van der Waals surface area contributed by atoms with Gasteiger partial charge in [-0.2, -0.15) is 4.68 Å². The molecule has 0 atom stereocenters. The molecule has 0 radical (unpaired) electrons. The van der Waals surface area contributed by atoms with Crippen LogP contribution >= 0.6 is 0 Å². The van der Waals surface area contributed by atoms with Crippen LogP contribution in [0.1, 0.15) is 17.0 Å². The van der Waals surface area contributed by atoms with Gasteiger partial charge in [0.05, 0.1) is 12.1 Å². The first-order chi connectivity index (χ1) is 9.99. The minimum atomic E-state index is -1.00. The minimum absolute atomic E-state index is 0.0361. The number of H-pyrrole nitrogens is 1. The summed E-state index contributed by atoms with van der Waals surface area (Å²) in [6, 6.07) is 8.66. The van der Waals surface area contributed by atoms with E-state index in [1.54, 1.807) is 30.3 Å². The molecule has 0 aliphatic rings. The zero-order valence-electron chi connectivity index (χ0n) is 11.3. The van der Waals surface area contributed by atoms with Gasteiger partial charge in [-0.05, 0) is 12.1 Å². The minimum Gasteiger partial charge on any atom is -0.481 e. The molecule has 2 aromatic rings. The quantitative estimate of drug-likeness (QED) is 0.812. The fourth-order valence-electron chi connectivity index (χ4n) is 1.71. The first-order valence-electron chi connectivity index (χ1n) is 6.21. The number of para-hydroxylation sites is 1. The van der Waals surface area contributed by atoms with Crippen molar-refractivity contribution < 1.29 is 14.7 Å². The summed E-state index contributed by atoms with van der Waals surface area (Å²) in [7, 11) is 1.45. The van der Waals surface area contributed by atoms with Gasteiger partial charge in [-0.15, -0.1) is 5.10 Å². The van der Waals surface area contributed by atoms with Gasteiger partial charge in [0.25, 0.3) is 5.91 Å². The molecule has 0 bridgehead atoms. The molecule has 0 fully saturated rings. The highest BCUT2D eigenvalue weighted by molar-refractivity contribution is 5.90. The molecule has 2 N–H and O–H groups in total. The Balaban J connectivity index is 2.21. The summed E-state index contributed by atoms with van der Waals surface area (Å²) in [6.45, 7) is 0.0361. The van der Waals surface area contributed by atoms with E-state index in [0.717, 1.165) is 4.68 Å². The van der Waals surface area contributed by atoms with E-state index in [1.165, 1.54) is 11.9 Å². The maximum absolute atomic E-state index is 12.0. The predicted molar refractivity (Wildman–Crippen MR) is 73.4 cm³/mol. The second-order valence-corrected chi connectivity index (χ2v) is 4.40. The Morgan fingerprint density at radius 1 is 1.33 bits per heavy atom. The molecule has 0 unspecified atom stereocenters. The van der Waals surface area contributed by atoms with Crippen molar-refractivity contribution >= 4 is 11.9 Å². The molecule has 1 heterocycles. The molecule has 0 saturated heterocycles. The predicted octanol–water partition coefficient (Wildman–Crippen LogP) is 0.107. The van der Waals surface area contributed by atoms with Crippen molar-refractivity contribution in [2.45, 2.75) is 6.42 Å². The lowest BCUT2D eigenvalue weighted by molar-refractivity contribution is -0.137. The number of rotatable bonds is 5. The number of nitrogens with one attached hydrogen (secondary N) is 1. The molecular formula is C13H14N4O4. The Morgan fingerprint density at radius 3 is 2.62 bits per heavy atom. The van der Waals surface area contributed by atoms with Crippen molar-refractivity contribution in [1.29, 1.82) is 0 Å². The lowest BCUT2D eigenvalue weighted by atomic mass is 10.3. The smallest absolute Gasteiger partial charge is 0.348 e. The molecule has 110 valence electrons. The maximum Gasteiger partial charge on any atom is 0.348 e. The Hall–Kier alpha value is -2.90. The monoisotopic (exact) mass is 290 g/mol. The third-order valence-electron chi connectivity index (χ3n) is 2.83. The van der Waals surface area contributed by atoms with Gasteiger partial charge in [0.2, 0.25) is 5.82 Å². The molecule has 0 aliphatic carbocycles. The van der Waals surface area contributed by atoms with Crippen LogP contribution in [0, 0.1) is 0 Å². The number of hydrogen-bond donors (Lipinski definition) is 2. The normalized spacial score (nSPS) is 10.3. The highest BCUT2D eigenvalue weighted by Crippen LogP contribution is 2.03. The zero-order valence-corrected chi connectivity index (χ0v) is 11.3. The standard InChI is InChI=1S/C13H14N4O4/c1-16(8-7-10(18)19)12(20)11-14-13(21)17(15-11)9-5-3-2-4-6-9/h2-6H,7-8H2,1H3,(H,18,19)(H,14,15,21). The van der Waals surface area contributed by atoms with Crippen LogP contribution in [0.3, 0.4) is 0 Å². The topological polar surface area (TPSA) is 108 Å². The number of carboxylic acid groups (broad SMARTS) is 1. The zero-order chi connectivity index (χ0) is 15.4. The molecule has 1 aromatic carbocycles. The summed E-state index contributed by atoms with van der Waals surface area (Å²) in [5.41, 5.74) is 0.00201. The van der Waals surface area contributed by atoms with Crippen LogP contribution in [0.2, 0.25) is 0 Å². The van der Waals surface area contributed by atoms with Gasteiger partial charge in [-0.25, -0.2) is 4.79 Å². The number of carboxylic acids is 1. The summed E-state index contributed by atoms with van der Waals surface area (Å²) in [6.07, 6.45) is -0.175. The number of aromatic amines is 1. The first kappa shape index (κ1) is 14.5. The van der Waals surface area contributed by atoms with E-state index >= 15 is 0 Å².